The van der Waals surface area contributed by atoms with E-state index in [-0.39, 0.29) is 5.91 Å². The van der Waals surface area contributed by atoms with Crippen LogP contribution in [0.25, 0.3) is 17.4 Å². The van der Waals surface area contributed by atoms with Crippen LogP contribution in [-0.2, 0) is 4.79 Å². The van der Waals surface area contributed by atoms with Gasteiger partial charge in [0.1, 0.15) is 11.5 Å². The number of halogens is 2. The van der Waals surface area contributed by atoms with E-state index in [4.69, 9.17) is 27.6 Å². The molecule has 0 unspecified atom stereocenters. The summed E-state index contributed by atoms with van der Waals surface area (Å²) >= 11 is 12.1. The van der Waals surface area contributed by atoms with Gasteiger partial charge in [-0.1, -0.05) is 29.3 Å². The summed E-state index contributed by atoms with van der Waals surface area (Å²) in [6.45, 7) is 1.72. The van der Waals surface area contributed by atoms with Crippen LogP contribution in [0.1, 0.15) is 33.4 Å². The van der Waals surface area contributed by atoms with E-state index in [9.17, 15) is 14.4 Å². The van der Waals surface area contributed by atoms with E-state index in [1.807, 2.05) is 0 Å². The van der Waals surface area contributed by atoms with E-state index in [2.05, 4.69) is 10.4 Å². The number of rotatable bonds is 3. The standard InChI is InChI=1S/C23H13Cl2N3O4/c1-11-18(23(31)28(27-11)15-8-13(24)7-14(25)9-15)10-16-3-5-20(32-16)12-2-4-17-19(6-12)22(30)26-21(17)29/h2-10H,1H3,(H,26,29,30)/b18-10-. The van der Waals surface area contributed by atoms with Gasteiger partial charge in [0.25, 0.3) is 17.7 Å². The van der Waals surface area contributed by atoms with Gasteiger partial charge in [0.15, 0.2) is 0 Å². The fourth-order valence-electron chi connectivity index (χ4n) is 3.57. The highest BCUT2D eigenvalue weighted by atomic mass is 35.5. The van der Waals surface area contributed by atoms with E-state index in [0.29, 0.717) is 55.2 Å². The molecule has 9 heteroatoms. The number of benzene rings is 2. The molecule has 1 aromatic heterocycles. The molecule has 3 amide bonds. The van der Waals surface area contributed by atoms with Crippen molar-refractivity contribution in [3.63, 3.8) is 0 Å². The SMILES string of the molecule is CC1=NN(c2cc(Cl)cc(Cl)c2)C(=O)/C1=C\c1ccc(-c2ccc3c(c2)C(=O)NC3=O)o1. The Bertz CT molecular complexity index is 1380. The number of fused-ring (bicyclic) bond motifs is 1. The average molecular weight is 466 g/mol. The minimum absolute atomic E-state index is 0.300. The van der Waals surface area contributed by atoms with Crippen LogP contribution in [0.5, 0.6) is 0 Å². The van der Waals surface area contributed by atoms with Gasteiger partial charge in [-0.25, -0.2) is 0 Å². The van der Waals surface area contributed by atoms with Crippen molar-refractivity contribution in [3.05, 3.63) is 81.0 Å². The van der Waals surface area contributed by atoms with Gasteiger partial charge in [0.2, 0.25) is 0 Å². The third-order valence-corrected chi connectivity index (χ3v) is 5.52. The van der Waals surface area contributed by atoms with Crippen LogP contribution < -0.4 is 10.3 Å². The molecule has 0 radical (unpaired) electrons. The lowest BCUT2D eigenvalue weighted by atomic mass is 10.0. The molecular weight excluding hydrogens is 453 g/mol. The monoisotopic (exact) mass is 465 g/mol. The van der Waals surface area contributed by atoms with Crippen LogP contribution in [0, 0.1) is 0 Å². The largest absolute Gasteiger partial charge is 0.457 e. The van der Waals surface area contributed by atoms with Crippen molar-refractivity contribution < 1.29 is 18.8 Å². The van der Waals surface area contributed by atoms with Crippen molar-refractivity contribution in [1.82, 2.24) is 5.32 Å². The van der Waals surface area contributed by atoms with Gasteiger partial charge in [-0.15, -0.1) is 0 Å². The molecule has 0 fully saturated rings. The van der Waals surface area contributed by atoms with E-state index in [0.717, 1.165) is 0 Å². The first-order valence-corrected chi connectivity index (χ1v) is 10.2. The summed E-state index contributed by atoms with van der Waals surface area (Å²) in [5, 5.41) is 8.60. The van der Waals surface area contributed by atoms with Gasteiger partial charge in [0.05, 0.1) is 28.1 Å². The second kappa shape index (κ2) is 7.47. The third-order valence-electron chi connectivity index (χ3n) is 5.09. The average Bonchev–Trinajstić information content (AvgIpc) is 3.40. The summed E-state index contributed by atoms with van der Waals surface area (Å²) in [5.74, 6) is -0.270. The van der Waals surface area contributed by atoms with Gasteiger partial charge in [-0.3, -0.25) is 19.7 Å². The molecule has 0 aliphatic carbocycles. The predicted molar refractivity (Wildman–Crippen MR) is 121 cm³/mol. The Morgan fingerprint density at radius 2 is 1.66 bits per heavy atom. The van der Waals surface area contributed by atoms with Gasteiger partial charge in [-0.2, -0.15) is 10.1 Å². The van der Waals surface area contributed by atoms with E-state index in [1.54, 1.807) is 61.5 Å². The van der Waals surface area contributed by atoms with Gasteiger partial charge < -0.3 is 4.42 Å². The molecule has 2 aliphatic rings. The maximum Gasteiger partial charge on any atom is 0.280 e. The Morgan fingerprint density at radius 3 is 2.41 bits per heavy atom. The molecular formula is C23H13Cl2N3O4. The highest BCUT2D eigenvalue weighted by molar-refractivity contribution is 6.36. The molecule has 0 spiro atoms. The van der Waals surface area contributed by atoms with E-state index >= 15 is 0 Å². The van der Waals surface area contributed by atoms with Crippen molar-refractivity contribution >= 4 is 58.4 Å². The van der Waals surface area contributed by atoms with Crippen molar-refractivity contribution in [1.29, 1.82) is 0 Å². The minimum atomic E-state index is -0.439. The van der Waals surface area contributed by atoms with Gasteiger partial charge in [-0.05, 0) is 55.5 Å². The topological polar surface area (TPSA) is 92.0 Å². The highest BCUT2D eigenvalue weighted by Crippen LogP contribution is 2.31. The minimum Gasteiger partial charge on any atom is -0.457 e. The molecule has 5 rings (SSSR count). The van der Waals surface area contributed by atoms with Crippen LogP contribution in [0.2, 0.25) is 10.0 Å². The molecule has 1 N–H and O–H groups in total. The number of imide groups is 1. The van der Waals surface area contributed by atoms with Crippen LogP contribution in [0.4, 0.5) is 5.69 Å². The zero-order valence-corrected chi connectivity index (χ0v) is 18.0. The number of carbonyl (C=O) groups is 3. The first-order valence-electron chi connectivity index (χ1n) is 9.48. The fraction of sp³-hybridized carbons (Fsp3) is 0.0435. The lowest BCUT2D eigenvalue weighted by molar-refractivity contribution is -0.114. The Morgan fingerprint density at radius 1 is 0.938 bits per heavy atom. The second-order valence-corrected chi connectivity index (χ2v) is 8.11. The number of nitrogens with one attached hydrogen (secondary N) is 1. The maximum atomic E-state index is 13.0. The van der Waals surface area contributed by atoms with Crippen molar-refractivity contribution in [2.75, 3.05) is 5.01 Å². The molecule has 3 heterocycles. The molecule has 7 nitrogen and oxygen atoms in total. The molecule has 158 valence electrons. The third kappa shape index (κ3) is 3.41. The molecule has 0 saturated heterocycles. The zero-order valence-electron chi connectivity index (χ0n) is 16.5. The van der Waals surface area contributed by atoms with E-state index in [1.165, 1.54) is 5.01 Å². The number of hydrogen-bond acceptors (Lipinski definition) is 5. The number of nitrogens with zero attached hydrogens (tertiary/aromatic N) is 2. The summed E-state index contributed by atoms with van der Waals surface area (Å²) < 4.78 is 5.87. The van der Waals surface area contributed by atoms with Crippen molar-refractivity contribution in [3.8, 4) is 11.3 Å². The molecule has 3 aromatic rings. The van der Waals surface area contributed by atoms with Crippen LogP contribution in [-0.4, -0.2) is 23.4 Å². The van der Waals surface area contributed by atoms with Crippen LogP contribution in [0.3, 0.4) is 0 Å². The quantitative estimate of drug-likeness (QED) is 0.437. The predicted octanol–water partition coefficient (Wildman–Crippen LogP) is 4.94. The van der Waals surface area contributed by atoms with Crippen molar-refractivity contribution in [2.45, 2.75) is 6.92 Å². The summed E-state index contributed by atoms with van der Waals surface area (Å²) in [5.41, 5.74) is 2.60. The van der Waals surface area contributed by atoms with Crippen molar-refractivity contribution in [2.24, 2.45) is 5.10 Å². The molecule has 0 bridgehead atoms. The maximum absolute atomic E-state index is 13.0. The van der Waals surface area contributed by atoms with Gasteiger partial charge in [0, 0.05) is 15.6 Å². The highest BCUT2D eigenvalue weighted by Gasteiger charge is 2.30. The first-order chi connectivity index (χ1) is 15.3. The Hall–Kier alpha value is -3.68. The summed E-state index contributed by atoms with van der Waals surface area (Å²) in [7, 11) is 0. The fourth-order valence-corrected chi connectivity index (χ4v) is 4.08. The number of hydrazone groups is 1. The molecule has 0 saturated carbocycles. The zero-order chi connectivity index (χ0) is 22.6. The van der Waals surface area contributed by atoms with E-state index < -0.39 is 11.8 Å². The van der Waals surface area contributed by atoms with Crippen LogP contribution in [0.15, 0.2) is 63.6 Å². The first kappa shape index (κ1) is 20.2. The number of anilines is 1. The summed E-state index contributed by atoms with van der Waals surface area (Å²) in [6.07, 6.45) is 1.60. The molecule has 2 aromatic carbocycles. The number of furan rings is 1. The number of amides is 3. The molecule has 2 aliphatic heterocycles. The summed E-state index contributed by atoms with van der Waals surface area (Å²) in [4.78, 5) is 36.6. The normalized spacial score (nSPS) is 16.6. The van der Waals surface area contributed by atoms with Crippen LogP contribution >= 0.6 is 23.2 Å². The number of carbonyl (C=O) groups excluding carboxylic acids is 3. The second-order valence-electron chi connectivity index (χ2n) is 7.23. The lowest BCUT2D eigenvalue weighted by Gasteiger charge is -2.12. The Labute approximate surface area is 191 Å². The molecule has 0 atom stereocenters. The van der Waals surface area contributed by atoms with Gasteiger partial charge >= 0.3 is 0 Å². The number of hydrogen-bond donors (Lipinski definition) is 1. The smallest absolute Gasteiger partial charge is 0.280 e. The Balaban J connectivity index is 1.44. The lowest BCUT2D eigenvalue weighted by Crippen LogP contribution is -2.21. The molecule has 32 heavy (non-hydrogen) atoms. The summed E-state index contributed by atoms with van der Waals surface area (Å²) in [6, 6.07) is 13.1. The Kier molecular flexibility index (Phi) is 4.73.